The summed E-state index contributed by atoms with van der Waals surface area (Å²) in [5, 5.41) is 8.39. The Bertz CT molecular complexity index is 1050. The molecule has 0 fully saturated rings. The minimum Gasteiger partial charge on any atom is -0.373 e. The predicted octanol–water partition coefficient (Wildman–Crippen LogP) is 1.64. The molecular weight excluding hydrogens is 320 g/mol. The highest BCUT2D eigenvalue weighted by Gasteiger charge is 2.14. The van der Waals surface area contributed by atoms with Crippen molar-refractivity contribution in [2.24, 2.45) is 5.90 Å². The lowest BCUT2D eigenvalue weighted by atomic mass is 10.3. The summed E-state index contributed by atoms with van der Waals surface area (Å²) in [4.78, 5) is 20.4. The van der Waals surface area contributed by atoms with E-state index in [-0.39, 0.29) is 6.42 Å². The van der Waals surface area contributed by atoms with Crippen LogP contribution in [-0.4, -0.2) is 30.5 Å². The van der Waals surface area contributed by atoms with Crippen molar-refractivity contribution < 1.29 is 9.63 Å². The van der Waals surface area contributed by atoms with E-state index in [2.05, 4.69) is 20.1 Å². The maximum Gasteiger partial charge on any atom is 0.326 e. The highest BCUT2D eigenvalue weighted by Crippen LogP contribution is 2.19. The van der Waals surface area contributed by atoms with Gasteiger partial charge >= 0.3 is 5.97 Å². The molecule has 2 aromatic carbocycles. The maximum atomic E-state index is 11.4. The van der Waals surface area contributed by atoms with E-state index in [9.17, 15) is 4.79 Å². The summed E-state index contributed by atoms with van der Waals surface area (Å²) in [6, 6.07) is 15.5. The van der Waals surface area contributed by atoms with Crippen molar-refractivity contribution in [2.75, 3.05) is 0 Å². The first-order chi connectivity index (χ1) is 12.3. The van der Waals surface area contributed by atoms with Crippen LogP contribution in [0.3, 0.4) is 0 Å². The van der Waals surface area contributed by atoms with E-state index in [1.807, 2.05) is 53.1 Å². The summed E-state index contributed by atoms with van der Waals surface area (Å²) in [6.45, 7) is 0.880. The second-order valence-corrected chi connectivity index (χ2v) is 5.64. The van der Waals surface area contributed by atoms with Crippen LogP contribution in [0.4, 0.5) is 0 Å². The molecule has 0 aliphatic carbocycles. The van der Waals surface area contributed by atoms with Crippen LogP contribution >= 0.6 is 0 Å². The molecule has 2 heterocycles. The molecular formula is C17H16N6O2. The Morgan fingerprint density at radius 2 is 1.76 bits per heavy atom. The van der Waals surface area contributed by atoms with Crippen LogP contribution in [0.5, 0.6) is 0 Å². The van der Waals surface area contributed by atoms with Crippen LogP contribution in [0.2, 0.25) is 0 Å². The van der Waals surface area contributed by atoms with Crippen LogP contribution in [0.15, 0.2) is 48.5 Å². The largest absolute Gasteiger partial charge is 0.373 e. The van der Waals surface area contributed by atoms with Gasteiger partial charge in [-0.1, -0.05) is 29.5 Å². The van der Waals surface area contributed by atoms with Crippen LogP contribution in [0, 0.1) is 0 Å². The number of rotatable bonds is 5. The van der Waals surface area contributed by atoms with Gasteiger partial charge in [0.15, 0.2) is 0 Å². The van der Waals surface area contributed by atoms with E-state index in [0.29, 0.717) is 13.1 Å². The molecule has 0 aliphatic heterocycles. The fourth-order valence-corrected chi connectivity index (χ4v) is 2.93. The van der Waals surface area contributed by atoms with Gasteiger partial charge in [-0.15, -0.1) is 5.10 Å². The van der Waals surface area contributed by atoms with Crippen molar-refractivity contribution in [1.82, 2.24) is 24.5 Å². The second-order valence-electron chi connectivity index (χ2n) is 5.64. The number of hydrogen-bond acceptors (Lipinski definition) is 6. The Morgan fingerprint density at radius 3 is 2.56 bits per heavy atom. The van der Waals surface area contributed by atoms with E-state index in [1.165, 1.54) is 0 Å². The number of aryl methyl sites for hydroxylation is 1. The smallest absolute Gasteiger partial charge is 0.326 e. The Hall–Kier alpha value is -3.26. The molecule has 0 spiro atoms. The molecule has 0 amide bonds. The molecule has 2 N–H and O–H groups in total. The number of benzene rings is 2. The van der Waals surface area contributed by atoms with Crippen molar-refractivity contribution in [3.05, 3.63) is 54.4 Å². The van der Waals surface area contributed by atoms with Crippen LogP contribution in [-0.2, 0) is 22.7 Å². The molecule has 0 radical (unpaired) electrons. The number of carbonyl (C=O) groups is 1. The minimum atomic E-state index is -0.463. The van der Waals surface area contributed by atoms with Gasteiger partial charge in [0.2, 0.25) is 0 Å². The third-order valence-electron chi connectivity index (χ3n) is 4.12. The molecule has 0 bridgehead atoms. The quantitative estimate of drug-likeness (QED) is 0.556. The zero-order valence-corrected chi connectivity index (χ0v) is 13.4. The molecule has 0 unspecified atom stereocenters. The summed E-state index contributed by atoms with van der Waals surface area (Å²) < 4.78 is 3.79. The van der Waals surface area contributed by atoms with Gasteiger partial charge in [-0.05, 0) is 24.3 Å². The first-order valence-corrected chi connectivity index (χ1v) is 7.88. The number of carbonyl (C=O) groups excluding carboxylic acids is 1. The first-order valence-electron chi connectivity index (χ1n) is 7.88. The summed E-state index contributed by atoms with van der Waals surface area (Å²) >= 11 is 0. The zero-order valence-electron chi connectivity index (χ0n) is 13.4. The van der Waals surface area contributed by atoms with E-state index in [0.717, 1.165) is 27.9 Å². The molecule has 8 nitrogen and oxygen atoms in total. The first kappa shape index (κ1) is 15.3. The monoisotopic (exact) mass is 336 g/mol. The standard InChI is InChI=1S/C17H16N6O2/c18-25-17(24)9-10-22-14-7-3-1-5-12(14)19-16(22)11-23-15-8-4-2-6-13(15)20-21-23/h1-8H,9-11,18H2. The molecule has 8 heteroatoms. The van der Waals surface area contributed by atoms with Crippen molar-refractivity contribution in [3.8, 4) is 0 Å². The van der Waals surface area contributed by atoms with E-state index in [4.69, 9.17) is 5.90 Å². The lowest BCUT2D eigenvalue weighted by Crippen LogP contribution is -2.15. The molecule has 126 valence electrons. The van der Waals surface area contributed by atoms with Gasteiger partial charge in [-0.25, -0.2) is 9.67 Å². The van der Waals surface area contributed by atoms with Crippen LogP contribution < -0.4 is 5.90 Å². The third kappa shape index (κ3) is 2.83. The van der Waals surface area contributed by atoms with Gasteiger partial charge < -0.3 is 9.40 Å². The molecule has 0 atom stereocenters. The normalized spacial score (nSPS) is 11.2. The van der Waals surface area contributed by atoms with Gasteiger partial charge in [0.05, 0.1) is 23.0 Å². The zero-order chi connectivity index (χ0) is 17.2. The van der Waals surface area contributed by atoms with Crippen molar-refractivity contribution in [2.45, 2.75) is 19.5 Å². The lowest BCUT2D eigenvalue weighted by Gasteiger charge is -2.08. The van der Waals surface area contributed by atoms with Crippen molar-refractivity contribution in [3.63, 3.8) is 0 Å². The number of imidazole rings is 1. The van der Waals surface area contributed by atoms with Gasteiger partial charge in [0.1, 0.15) is 17.9 Å². The Balaban J connectivity index is 1.74. The average molecular weight is 336 g/mol. The third-order valence-corrected chi connectivity index (χ3v) is 4.12. The second kappa shape index (κ2) is 6.33. The lowest BCUT2D eigenvalue weighted by molar-refractivity contribution is -0.144. The number of aromatic nitrogens is 5. The number of fused-ring (bicyclic) bond motifs is 2. The van der Waals surface area contributed by atoms with E-state index in [1.54, 1.807) is 4.68 Å². The van der Waals surface area contributed by atoms with Crippen LogP contribution in [0.25, 0.3) is 22.1 Å². The average Bonchev–Trinajstić information content (AvgIpc) is 3.21. The fraction of sp³-hybridized carbons (Fsp3) is 0.176. The summed E-state index contributed by atoms with van der Waals surface area (Å²) in [5.74, 6) is 5.27. The van der Waals surface area contributed by atoms with Crippen molar-refractivity contribution in [1.29, 1.82) is 0 Å². The van der Waals surface area contributed by atoms with Gasteiger partial charge in [-0.3, -0.25) is 4.79 Å². The highest BCUT2D eigenvalue weighted by molar-refractivity contribution is 5.77. The minimum absolute atomic E-state index is 0.169. The van der Waals surface area contributed by atoms with Gasteiger partial charge in [0.25, 0.3) is 0 Å². The molecule has 0 saturated heterocycles. The van der Waals surface area contributed by atoms with Crippen LogP contribution in [0.1, 0.15) is 12.2 Å². The van der Waals surface area contributed by atoms with E-state index < -0.39 is 5.97 Å². The Morgan fingerprint density at radius 1 is 1.04 bits per heavy atom. The highest BCUT2D eigenvalue weighted by atomic mass is 16.7. The Labute approximate surface area is 142 Å². The molecule has 0 aliphatic rings. The fourth-order valence-electron chi connectivity index (χ4n) is 2.93. The number of para-hydroxylation sites is 3. The van der Waals surface area contributed by atoms with Gasteiger partial charge in [-0.2, -0.15) is 5.90 Å². The summed E-state index contributed by atoms with van der Waals surface area (Å²) in [7, 11) is 0. The maximum absolute atomic E-state index is 11.4. The predicted molar refractivity (Wildman–Crippen MR) is 91.3 cm³/mol. The van der Waals surface area contributed by atoms with Crippen molar-refractivity contribution >= 4 is 28.0 Å². The molecule has 4 rings (SSSR count). The summed E-state index contributed by atoms with van der Waals surface area (Å²) in [5.41, 5.74) is 3.58. The molecule has 0 saturated carbocycles. The molecule has 2 aromatic heterocycles. The van der Waals surface area contributed by atoms with Gasteiger partial charge in [0, 0.05) is 6.54 Å². The topological polar surface area (TPSA) is 101 Å². The molecule has 25 heavy (non-hydrogen) atoms. The molecule has 4 aromatic rings. The van der Waals surface area contributed by atoms with E-state index >= 15 is 0 Å². The Kier molecular flexibility index (Phi) is 3.87. The SMILES string of the molecule is NOC(=O)CCn1c(Cn2nnc3ccccc32)nc2ccccc21. The summed E-state index contributed by atoms with van der Waals surface area (Å²) in [6.07, 6.45) is 0.169. The number of nitrogens with zero attached hydrogens (tertiary/aromatic N) is 5. The number of nitrogens with two attached hydrogens (primary N) is 1. The number of hydrogen-bond donors (Lipinski definition) is 1.